The lowest BCUT2D eigenvalue weighted by Gasteiger charge is -2.42. The van der Waals surface area contributed by atoms with Gasteiger partial charge in [-0.1, -0.05) is 0 Å². The maximum Gasteiger partial charge on any atom is 0.187 e. The third kappa shape index (κ3) is 3.98. The summed E-state index contributed by atoms with van der Waals surface area (Å²) >= 11 is 1.44. The minimum atomic E-state index is -1.42. The molecule has 0 aromatic rings. The molecule has 23 heavy (non-hydrogen) atoms. The topological polar surface area (TPSA) is 138 Å². The molecule has 0 amide bonds. The van der Waals surface area contributed by atoms with E-state index in [1.807, 2.05) is 6.26 Å². The number of ether oxygens (including phenoxy) is 4. The van der Waals surface area contributed by atoms with Gasteiger partial charge >= 0.3 is 0 Å². The van der Waals surface area contributed by atoms with Crippen LogP contribution in [0.15, 0.2) is 0 Å². The van der Waals surface area contributed by atoms with Gasteiger partial charge in [0.05, 0.1) is 12.7 Å². The first-order valence-electron chi connectivity index (χ1n) is 7.25. The Morgan fingerprint density at radius 2 is 1.52 bits per heavy atom. The van der Waals surface area contributed by atoms with Crippen LogP contribution in [0.1, 0.15) is 0 Å². The molecule has 2 fully saturated rings. The van der Waals surface area contributed by atoms with E-state index in [0.717, 1.165) is 0 Å². The van der Waals surface area contributed by atoms with E-state index in [-0.39, 0.29) is 0 Å². The second-order valence-electron chi connectivity index (χ2n) is 5.52. The molecule has 10 heteroatoms. The van der Waals surface area contributed by atoms with Gasteiger partial charge in [-0.2, -0.15) is 11.8 Å². The van der Waals surface area contributed by atoms with Crippen molar-refractivity contribution in [2.75, 3.05) is 25.7 Å². The minimum absolute atomic E-state index is 0.458. The molecule has 2 saturated heterocycles. The lowest BCUT2D eigenvalue weighted by atomic mass is 9.99. The van der Waals surface area contributed by atoms with Gasteiger partial charge in [-0.15, -0.1) is 0 Å². The maximum atomic E-state index is 10.2. The summed E-state index contributed by atoms with van der Waals surface area (Å²) in [6.45, 7) is -0.492. The van der Waals surface area contributed by atoms with Crippen molar-refractivity contribution in [3.05, 3.63) is 0 Å². The molecule has 0 radical (unpaired) electrons. The summed E-state index contributed by atoms with van der Waals surface area (Å²) < 4.78 is 21.2. The molecule has 0 saturated carbocycles. The van der Waals surface area contributed by atoms with Crippen LogP contribution in [0, 0.1) is 0 Å². The van der Waals surface area contributed by atoms with Crippen molar-refractivity contribution in [3.8, 4) is 0 Å². The van der Waals surface area contributed by atoms with Crippen molar-refractivity contribution >= 4 is 11.8 Å². The third-order valence-corrected chi connectivity index (χ3v) is 4.66. The fraction of sp³-hybridized carbons (Fsp3) is 1.00. The van der Waals surface area contributed by atoms with E-state index >= 15 is 0 Å². The van der Waals surface area contributed by atoms with Gasteiger partial charge in [-0.25, -0.2) is 0 Å². The second kappa shape index (κ2) is 8.39. The Morgan fingerprint density at radius 1 is 0.913 bits per heavy atom. The van der Waals surface area contributed by atoms with E-state index in [9.17, 15) is 25.5 Å². The van der Waals surface area contributed by atoms with Crippen molar-refractivity contribution in [2.45, 2.75) is 55.3 Å². The normalized spacial score (nSPS) is 47.9. The van der Waals surface area contributed by atoms with Crippen LogP contribution in [-0.2, 0) is 18.9 Å². The standard InChI is InChI=1S/C13H24O9S/c1-19-12-10(18)8(16)11(5(3-14)20-12)22-13-9(17)7(15)6(21-13)4-23-2/h5-18H,3-4H2,1-2H3/t5?,6-,7?,8-,9+,10?,11-,12+,13-/m1/s1. The summed E-state index contributed by atoms with van der Waals surface area (Å²) in [7, 11) is 1.30. The molecule has 9 atom stereocenters. The van der Waals surface area contributed by atoms with Crippen LogP contribution in [0.25, 0.3) is 0 Å². The fourth-order valence-electron chi connectivity index (χ4n) is 2.70. The molecule has 0 aliphatic carbocycles. The Bertz CT molecular complexity index is 371. The zero-order valence-electron chi connectivity index (χ0n) is 12.9. The van der Waals surface area contributed by atoms with E-state index in [4.69, 9.17) is 18.9 Å². The summed E-state index contributed by atoms with van der Waals surface area (Å²) in [4.78, 5) is 0. The van der Waals surface area contributed by atoms with Gasteiger partial charge < -0.3 is 44.5 Å². The predicted octanol–water partition coefficient (Wildman–Crippen LogP) is -2.73. The Balaban J connectivity index is 2.05. The average molecular weight is 356 g/mol. The first kappa shape index (κ1) is 19.3. The summed E-state index contributed by atoms with van der Waals surface area (Å²) in [5.41, 5.74) is 0. The van der Waals surface area contributed by atoms with Gasteiger partial charge in [0.25, 0.3) is 0 Å². The Kier molecular flexibility index (Phi) is 7.04. The summed E-state index contributed by atoms with van der Waals surface area (Å²) in [5.74, 6) is 0.458. The average Bonchev–Trinajstić information content (AvgIpc) is 2.81. The molecule has 0 aromatic carbocycles. The molecule has 2 aliphatic rings. The smallest absolute Gasteiger partial charge is 0.187 e. The van der Waals surface area contributed by atoms with Crippen molar-refractivity contribution in [2.24, 2.45) is 0 Å². The molecular weight excluding hydrogens is 332 g/mol. The maximum absolute atomic E-state index is 10.2. The predicted molar refractivity (Wildman–Crippen MR) is 78.7 cm³/mol. The largest absolute Gasteiger partial charge is 0.394 e. The number of thioether (sulfide) groups is 1. The summed E-state index contributed by atoms with van der Waals surface area (Å²) in [6, 6.07) is 0. The lowest BCUT2D eigenvalue weighted by molar-refractivity contribution is -0.325. The Labute approximate surface area is 138 Å². The van der Waals surface area contributed by atoms with E-state index in [2.05, 4.69) is 0 Å². The van der Waals surface area contributed by atoms with Crippen LogP contribution in [0.5, 0.6) is 0 Å². The molecule has 0 aromatic heterocycles. The Morgan fingerprint density at radius 3 is 2.09 bits per heavy atom. The molecule has 2 heterocycles. The van der Waals surface area contributed by atoms with Gasteiger partial charge in [0.2, 0.25) is 0 Å². The quantitative estimate of drug-likeness (QED) is 0.341. The van der Waals surface area contributed by atoms with Crippen molar-refractivity contribution < 1.29 is 44.5 Å². The van der Waals surface area contributed by atoms with Crippen LogP contribution in [0.4, 0.5) is 0 Å². The number of methoxy groups -OCH3 is 1. The fourth-order valence-corrected chi connectivity index (χ4v) is 3.30. The molecule has 0 bridgehead atoms. The molecule has 2 rings (SSSR count). The van der Waals surface area contributed by atoms with Crippen LogP contribution in [0.3, 0.4) is 0 Å². The van der Waals surface area contributed by atoms with Gasteiger partial charge in [-0.3, -0.25) is 0 Å². The van der Waals surface area contributed by atoms with Crippen LogP contribution >= 0.6 is 11.8 Å². The van der Waals surface area contributed by atoms with E-state index in [1.54, 1.807) is 0 Å². The van der Waals surface area contributed by atoms with Crippen LogP contribution in [-0.4, -0.2) is 107 Å². The number of rotatable bonds is 6. The van der Waals surface area contributed by atoms with Crippen molar-refractivity contribution in [1.82, 2.24) is 0 Å². The highest BCUT2D eigenvalue weighted by Gasteiger charge is 2.50. The van der Waals surface area contributed by atoms with Gasteiger partial charge in [0.15, 0.2) is 12.6 Å². The molecular formula is C13H24O9S. The number of hydrogen-bond donors (Lipinski definition) is 5. The van der Waals surface area contributed by atoms with E-state index in [1.165, 1.54) is 18.9 Å². The molecule has 9 nitrogen and oxygen atoms in total. The number of aliphatic hydroxyl groups is 5. The third-order valence-electron chi connectivity index (χ3n) is 3.99. The first-order valence-corrected chi connectivity index (χ1v) is 8.65. The molecule has 3 unspecified atom stereocenters. The summed E-state index contributed by atoms with van der Waals surface area (Å²) in [6.07, 6.45) is -8.47. The van der Waals surface area contributed by atoms with Crippen molar-refractivity contribution in [1.29, 1.82) is 0 Å². The highest BCUT2D eigenvalue weighted by Crippen LogP contribution is 2.30. The Hall–Kier alpha value is -0.0100. The summed E-state index contributed by atoms with van der Waals surface area (Å²) in [5, 5.41) is 49.4. The van der Waals surface area contributed by atoms with Gasteiger partial charge in [0.1, 0.15) is 36.6 Å². The highest BCUT2D eigenvalue weighted by molar-refractivity contribution is 7.98. The molecule has 2 aliphatic heterocycles. The zero-order valence-corrected chi connectivity index (χ0v) is 13.7. The molecule has 136 valence electrons. The van der Waals surface area contributed by atoms with E-state index < -0.39 is 61.9 Å². The van der Waals surface area contributed by atoms with Gasteiger partial charge in [0, 0.05) is 12.9 Å². The minimum Gasteiger partial charge on any atom is -0.394 e. The van der Waals surface area contributed by atoms with Crippen LogP contribution < -0.4 is 0 Å². The van der Waals surface area contributed by atoms with Crippen LogP contribution in [0.2, 0.25) is 0 Å². The SMILES string of the molecule is CO[C@H]1OC(CO)[C@@H](O[C@H]2O[C@H](CSC)C(O)[C@@H]2O)[C@H](O)C1O. The van der Waals surface area contributed by atoms with Gasteiger partial charge in [-0.05, 0) is 6.26 Å². The van der Waals surface area contributed by atoms with Crippen molar-refractivity contribution in [3.63, 3.8) is 0 Å². The highest BCUT2D eigenvalue weighted by atomic mass is 32.2. The lowest BCUT2D eigenvalue weighted by Crippen LogP contribution is -2.61. The molecule has 0 spiro atoms. The first-order chi connectivity index (χ1) is 10.9. The molecule has 5 N–H and O–H groups in total. The number of hydrogen-bond acceptors (Lipinski definition) is 10. The zero-order chi connectivity index (χ0) is 17.1. The van der Waals surface area contributed by atoms with E-state index in [0.29, 0.717) is 5.75 Å². The second-order valence-corrected chi connectivity index (χ2v) is 6.43. The monoisotopic (exact) mass is 356 g/mol. The number of aliphatic hydroxyl groups excluding tert-OH is 5.